The zero-order chi connectivity index (χ0) is 21.1. The fourth-order valence-electron chi connectivity index (χ4n) is 2.76. The van der Waals surface area contributed by atoms with Crippen LogP contribution in [0.2, 0.25) is 5.02 Å². The molecule has 0 fully saturated rings. The van der Waals surface area contributed by atoms with Crippen LogP contribution in [0.1, 0.15) is 41.1 Å². The molecular weight excluding hydrogens is 413 g/mol. The predicted molar refractivity (Wildman–Crippen MR) is 115 cm³/mol. The van der Waals surface area contributed by atoms with Crippen LogP contribution in [-0.2, 0) is 6.42 Å². The van der Waals surface area contributed by atoms with Gasteiger partial charge < -0.3 is 10.4 Å². The maximum Gasteiger partial charge on any atom is 0.339 e. The third kappa shape index (κ3) is 5.10. The summed E-state index contributed by atoms with van der Waals surface area (Å²) in [6.45, 7) is 6.25. The molecule has 0 radical (unpaired) electrons. The second-order valence-electron chi connectivity index (χ2n) is 7.17. The highest BCUT2D eigenvalue weighted by atomic mass is 35.5. The van der Waals surface area contributed by atoms with Gasteiger partial charge in [-0.3, -0.25) is 0 Å². The lowest BCUT2D eigenvalue weighted by Gasteiger charge is -2.06. The van der Waals surface area contributed by atoms with E-state index in [1.807, 2.05) is 25.1 Å². The summed E-state index contributed by atoms with van der Waals surface area (Å²) in [5, 5.41) is 13.4. The predicted octanol–water partition coefficient (Wildman–Crippen LogP) is 6.34. The number of carboxylic acids is 1. The number of nitrogens with zero attached hydrogens (tertiary/aromatic N) is 2. The van der Waals surface area contributed by atoms with E-state index >= 15 is 0 Å². The zero-order valence-electron chi connectivity index (χ0n) is 16.3. The summed E-state index contributed by atoms with van der Waals surface area (Å²) in [5.74, 6) is -1.39. The smallest absolute Gasteiger partial charge is 0.339 e. The van der Waals surface area contributed by atoms with E-state index in [0.29, 0.717) is 16.1 Å². The molecule has 0 spiro atoms. The Labute approximate surface area is 177 Å². The molecule has 0 saturated heterocycles. The van der Waals surface area contributed by atoms with E-state index in [-0.39, 0.29) is 11.4 Å². The van der Waals surface area contributed by atoms with E-state index in [9.17, 15) is 14.3 Å². The number of carbonyl (C=O) groups is 1. The van der Waals surface area contributed by atoms with Gasteiger partial charge in [0.1, 0.15) is 17.2 Å². The van der Waals surface area contributed by atoms with Crippen molar-refractivity contribution >= 4 is 39.9 Å². The van der Waals surface area contributed by atoms with Crippen molar-refractivity contribution in [3.8, 4) is 11.3 Å². The molecule has 0 bridgehead atoms. The molecule has 1 aromatic carbocycles. The van der Waals surface area contributed by atoms with Crippen LogP contribution < -0.4 is 5.32 Å². The van der Waals surface area contributed by atoms with Crippen LogP contribution in [0.25, 0.3) is 11.3 Å². The normalized spacial score (nSPS) is 11.1. The largest absolute Gasteiger partial charge is 0.478 e. The Bertz CT molecular complexity index is 1050. The van der Waals surface area contributed by atoms with Gasteiger partial charge in [-0.1, -0.05) is 37.6 Å². The van der Waals surface area contributed by atoms with Crippen LogP contribution in [0.4, 0.5) is 15.3 Å². The van der Waals surface area contributed by atoms with Crippen molar-refractivity contribution in [2.45, 2.75) is 33.6 Å². The van der Waals surface area contributed by atoms with Crippen LogP contribution in [0.3, 0.4) is 0 Å². The van der Waals surface area contributed by atoms with Crippen LogP contribution in [-0.4, -0.2) is 21.0 Å². The highest BCUT2D eigenvalue weighted by Gasteiger charge is 2.18. The number of rotatable bonds is 7. The lowest BCUT2D eigenvalue weighted by Crippen LogP contribution is -2.05. The zero-order valence-corrected chi connectivity index (χ0v) is 17.9. The summed E-state index contributed by atoms with van der Waals surface area (Å²) in [4.78, 5) is 21.1. The first-order valence-corrected chi connectivity index (χ1v) is 10.4. The lowest BCUT2D eigenvalue weighted by molar-refractivity contribution is 0.0697. The standard InChI is InChI=1S/C21H21ClFN3O2S/c1-11(2)4-7-17-18(13-6-5-12(3)16(22)8-13)25-21(29-17)26-19-15(20(27)28)9-14(23)10-24-19/h5-6,8-11H,4,7H2,1-3H3,(H,27,28)(H,24,25,26). The number of pyridine rings is 1. The number of thiazole rings is 1. The van der Waals surface area contributed by atoms with Gasteiger partial charge in [-0.05, 0) is 43.4 Å². The summed E-state index contributed by atoms with van der Waals surface area (Å²) in [5.41, 5.74) is 2.44. The van der Waals surface area contributed by atoms with Crippen molar-refractivity contribution < 1.29 is 14.3 Å². The topological polar surface area (TPSA) is 75.1 Å². The van der Waals surface area contributed by atoms with Crippen molar-refractivity contribution in [1.82, 2.24) is 9.97 Å². The Morgan fingerprint density at radius 3 is 2.76 bits per heavy atom. The van der Waals surface area contributed by atoms with Gasteiger partial charge in [-0.25, -0.2) is 19.2 Å². The number of aromatic nitrogens is 2. The molecule has 0 unspecified atom stereocenters. The minimum Gasteiger partial charge on any atom is -0.478 e. The van der Waals surface area contributed by atoms with Crippen molar-refractivity contribution in [3.63, 3.8) is 0 Å². The molecule has 2 heterocycles. The Hall–Kier alpha value is -2.51. The van der Waals surface area contributed by atoms with Gasteiger partial charge in [0.15, 0.2) is 5.13 Å². The highest BCUT2D eigenvalue weighted by Crippen LogP contribution is 2.35. The molecule has 0 saturated carbocycles. The van der Waals surface area contributed by atoms with Gasteiger partial charge in [-0.2, -0.15) is 0 Å². The summed E-state index contributed by atoms with van der Waals surface area (Å²) >= 11 is 7.73. The first-order chi connectivity index (χ1) is 13.7. The van der Waals surface area contributed by atoms with E-state index in [1.165, 1.54) is 11.3 Å². The van der Waals surface area contributed by atoms with Crippen molar-refractivity contribution in [2.24, 2.45) is 5.92 Å². The Morgan fingerprint density at radius 2 is 2.10 bits per heavy atom. The van der Waals surface area contributed by atoms with Crippen LogP contribution >= 0.6 is 22.9 Å². The number of aromatic carboxylic acids is 1. The number of halogens is 2. The monoisotopic (exact) mass is 433 g/mol. The first kappa shape index (κ1) is 21.2. The number of aryl methyl sites for hydroxylation is 2. The molecule has 0 aliphatic rings. The lowest BCUT2D eigenvalue weighted by atomic mass is 10.0. The minimum atomic E-state index is -1.26. The second-order valence-corrected chi connectivity index (χ2v) is 8.66. The van der Waals surface area contributed by atoms with Gasteiger partial charge in [-0.15, -0.1) is 11.3 Å². The van der Waals surface area contributed by atoms with Crippen molar-refractivity contribution in [2.75, 3.05) is 5.32 Å². The number of hydrogen-bond donors (Lipinski definition) is 2. The Kier molecular flexibility index (Phi) is 6.49. The van der Waals surface area contributed by atoms with Gasteiger partial charge in [0.25, 0.3) is 0 Å². The fourth-order valence-corrected chi connectivity index (χ4v) is 3.94. The minimum absolute atomic E-state index is 0.0524. The summed E-state index contributed by atoms with van der Waals surface area (Å²) in [6, 6.07) is 6.73. The molecule has 3 aromatic rings. The number of benzene rings is 1. The van der Waals surface area contributed by atoms with Crippen LogP contribution in [0.5, 0.6) is 0 Å². The van der Waals surface area contributed by atoms with Crippen LogP contribution in [0.15, 0.2) is 30.5 Å². The van der Waals surface area contributed by atoms with Gasteiger partial charge in [0.2, 0.25) is 0 Å². The molecule has 0 amide bonds. The number of hydrogen-bond acceptors (Lipinski definition) is 5. The first-order valence-electron chi connectivity index (χ1n) is 9.16. The van der Waals surface area contributed by atoms with E-state index in [0.717, 1.165) is 46.8 Å². The molecule has 2 aromatic heterocycles. The fraction of sp³-hybridized carbons (Fsp3) is 0.286. The molecular formula is C21H21ClFN3O2S. The number of carboxylic acid groups (broad SMARTS) is 1. The molecule has 29 heavy (non-hydrogen) atoms. The molecule has 0 atom stereocenters. The average Bonchev–Trinajstić information content (AvgIpc) is 3.06. The molecule has 0 aliphatic heterocycles. The third-order valence-electron chi connectivity index (χ3n) is 4.40. The quantitative estimate of drug-likeness (QED) is 0.455. The number of nitrogens with one attached hydrogen (secondary N) is 1. The van der Waals surface area contributed by atoms with E-state index < -0.39 is 11.8 Å². The maximum atomic E-state index is 13.4. The molecule has 2 N–H and O–H groups in total. The van der Waals surface area contributed by atoms with Gasteiger partial charge in [0.05, 0.1) is 11.9 Å². The Morgan fingerprint density at radius 1 is 1.34 bits per heavy atom. The number of anilines is 2. The molecule has 3 rings (SSSR count). The Balaban J connectivity index is 2.00. The second kappa shape index (κ2) is 8.88. The average molecular weight is 434 g/mol. The van der Waals surface area contributed by atoms with E-state index in [2.05, 4.69) is 29.1 Å². The summed E-state index contributed by atoms with van der Waals surface area (Å²) in [6.07, 6.45) is 2.80. The molecule has 5 nitrogen and oxygen atoms in total. The summed E-state index contributed by atoms with van der Waals surface area (Å²) in [7, 11) is 0. The SMILES string of the molecule is Cc1ccc(-c2nc(Nc3ncc(F)cc3C(=O)O)sc2CCC(C)C)cc1Cl. The van der Waals surface area contributed by atoms with Gasteiger partial charge >= 0.3 is 5.97 Å². The summed E-state index contributed by atoms with van der Waals surface area (Å²) < 4.78 is 13.4. The molecule has 152 valence electrons. The maximum absolute atomic E-state index is 13.4. The van der Waals surface area contributed by atoms with Gasteiger partial charge in [0, 0.05) is 15.5 Å². The van der Waals surface area contributed by atoms with E-state index in [1.54, 1.807) is 0 Å². The molecule has 8 heteroatoms. The van der Waals surface area contributed by atoms with Crippen molar-refractivity contribution in [1.29, 1.82) is 0 Å². The van der Waals surface area contributed by atoms with E-state index in [4.69, 9.17) is 11.6 Å². The highest BCUT2D eigenvalue weighted by molar-refractivity contribution is 7.16. The molecule has 0 aliphatic carbocycles. The van der Waals surface area contributed by atoms with Crippen molar-refractivity contribution in [3.05, 3.63) is 57.3 Å². The third-order valence-corrected chi connectivity index (χ3v) is 5.84. The van der Waals surface area contributed by atoms with Crippen LogP contribution in [0, 0.1) is 18.7 Å².